The van der Waals surface area contributed by atoms with Gasteiger partial charge in [-0.25, -0.2) is 0 Å². The van der Waals surface area contributed by atoms with Crippen LogP contribution >= 0.6 is 0 Å². The molecule has 0 spiro atoms. The van der Waals surface area contributed by atoms with Crippen molar-refractivity contribution in [3.63, 3.8) is 0 Å². The van der Waals surface area contributed by atoms with E-state index < -0.39 is 0 Å². The van der Waals surface area contributed by atoms with Crippen LogP contribution in [0.15, 0.2) is 18.2 Å². The summed E-state index contributed by atoms with van der Waals surface area (Å²) in [6.07, 6.45) is 2.31. The lowest BCUT2D eigenvalue weighted by Gasteiger charge is -2.33. The van der Waals surface area contributed by atoms with Gasteiger partial charge in [-0.3, -0.25) is 4.79 Å². The average molecular weight is 323 g/mol. The van der Waals surface area contributed by atoms with Crippen LogP contribution in [0.2, 0.25) is 0 Å². The van der Waals surface area contributed by atoms with Gasteiger partial charge in [0, 0.05) is 25.7 Å². The number of methoxy groups -OCH3 is 2. The van der Waals surface area contributed by atoms with Gasteiger partial charge in [0.05, 0.1) is 13.7 Å². The Morgan fingerprint density at radius 3 is 2.52 bits per heavy atom. The first-order valence-electron chi connectivity index (χ1n) is 7.96. The van der Waals surface area contributed by atoms with Gasteiger partial charge in [0.1, 0.15) is 0 Å². The third-order valence-corrected chi connectivity index (χ3v) is 4.21. The van der Waals surface area contributed by atoms with Gasteiger partial charge < -0.3 is 19.5 Å². The van der Waals surface area contributed by atoms with Crippen molar-refractivity contribution >= 4 is 6.41 Å². The van der Waals surface area contributed by atoms with Crippen LogP contribution < -0.4 is 14.8 Å². The minimum Gasteiger partial charge on any atom is -0.493 e. The predicted octanol–water partition coefficient (Wildman–Crippen LogP) is 2.81. The molecule has 5 heteroatoms. The molecule has 23 heavy (non-hydrogen) atoms. The fourth-order valence-corrected chi connectivity index (χ4v) is 2.31. The second-order valence-electron chi connectivity index (χ2n) is 6.19. The first-order chi connectivity index (χ1) is 11.0. The Morgan fingerprint density at radius 2 is 1.96 bits per heavy atom. The predicted molar refractivity (Wildman–Crippen MR) is 91.1 cm³/mol. The molecule has 130 valence electrons. The van der Waals surface area contributed by atoms with Crippen LogP contribution in [0.4, 0.5) is 0 Å². The van der Waals surface area contributed by atoms with Gasteiger partial charge in [-0.1, -0.05) is 19.9 Å². The molecular weight excluding hydrogens is 294 g/mol. The van der Waals surface area contributed by atoms with Crippen LogP contribution in [0.25, 0.3) is 0 Å². The van der Waals surface area contributed by atoms with Crippen LogP contribution in [0, 0.1) is 5.92 Å². The molecule has 1 aromatic carbocycles. The number of hydrogen-bond acceptors (Lipinski definition) is 4. The molecule has 1 amide bonds. The SMILES string of the molecule is COCCCOc1cc(CC(C)(NC=O)C(C)C)ccc1OC. The van der Waals surface area contributed by atoms with E-state index in [0.717, 1.165) is 30.6 Å². The zero-order valence-corrected chi connectivity index (χ0v) is 14.8. The summed E-state index contributed by atoms with van der Waals surface area (Å²) >= 11 is 0. The Balaban J connectivity index is 2.88. The van der Waals surface area contributed by atoms with Gasteiger partial charge in [-0.2, -0.15) is 0 Å². The van der Waals surface area contributed by atoms with Crippen LogP contribution in [0.3, 0.4) is 0 Å². The summed E-state index contributed by atoms with van der Waals surface area (Å²) in [6, 6.07) is 5.90. The second kappa shape index (κ2) is 9.40. The van der Waals surface area contributed by atoms with Crippen molar-refractivity contribution < 1.29 is 19.0 Å². The molecule has 5 nitrogen and oxygen atoms in total. The van der Waals surface area contributed by atoms with Gasteiger partial charge in [-0.15, -0.1) is 0 Å². The normalized spacial score (nSPS) is 13.5. The smallest absolute Gasteiger partial charge is 0.207 e. The number of rotatable bonds is 11. The molecule has 0 aliphatic carbocycles. The maximum Gasteiger partial charge on any atom is 0.207 e. The van der Waals surface area contributed by atoms with Crippen LogP contribution in [0.1, 0.15) is 32.8 Å². The van der Waals surface area contributed by atoms with Crippen molar-refractivity contribution in [2.75, 3.05) is 27.4 Å². The van der Waals surface area contributed by atoms with E-state index >= 15 is 0 Å². The zero-order valence-electron chi connectivity index (χ0n) is 14.8. The molecule has 0 bridgehead atoms. The van der Waals surface area contributed by atoms with E-state index in [2.05, 4.69) is 26.1 Å². The lowest BCUT2D eigenvalue weighted by atomic mass is 9.82. The van der Waals surface area contributed by atoms with E-state index in [1.54, 1.807) is 14.2 Å². The maximum absolute atomic E-state index is 10.9. The van der Waals surface area contributed by atoms with E-state index in [-0.39, 0.29) is 5.54 Å². The molecule has 0 saturated heterocycles. The van der Waals surface area contributed by atoms with Crippen LogP contribution in [-0.4, -0.2) is 39.4 Å². The molecule has 1 aromatic rings. The summed E-state index contributed by atoms with van der Waals surface area (Å²) < 4.78 is 16.2. The number of nitrogens with one attached hydrogen (secondary N) is 1. The number of carbonyl (C=O) groups excluding carboxylic acids is 1. The molecule has 1 unspecified atom stereocenters. The fourth-order valence-electron chi connectivity index (χ4n) is 2.31. The van der Waals surface area contributed by atoms with E-state index in [1.807, 2.05) is 18.2 Å². The quantitative estimate of drug-likeness (QED) is 0.502. The van der Waals surface area contributed by atoms with Crippen molar-refractivity contribution in [1.29, 1.82) is 0 Å². The Kier molecular flexibility index (Phi) is 7.89. The van der Waals surface area contributed by atoms with Gasteiger partial charge >= 0.3 is 0 Å². The molecule has 0 aromatic heterocycles. The number of benzene rings is 1. The highest BCUT2D eigenvalue weighted by Crippen LogP contribution is 2.31. The van der Waals surface area contributed by atoms with Gasteiger partial charge in [0.2, 0.25) is 6.41 Å². The molecular formula is C18H29NO4. The average Bonchev–Trinajstić information content (AvgIpc) is 2.52. The van der Waals surface area contributed by atoms with Gasteiger partial charge in [0.25, 0.3) is 0 Å². The van der Waals surface area contributed by atoms with E-state index in [1.165, 1.54) is 0 Å². The maximum atomic E-state index is 10.9. The molecule has 0 aliphatic rings. The summed E-state index contributed by atoms with van der Waals surface area (Å²) in [5, 5.41) is 2.95. The Morgan fingerprint density at radius 1 is 1.22 bits per heavy atom. The second-order valence-corrected chi connectivity index (χ2v) is 6.19. The first kappa shape index (κ1) is 19.3. The van der Waals surface area contributed by atoms with Gasteiger partial charge in [0.15, 0.2) is 11.5 Å². The highest BCUT2D eigenvalue weighted by atomic mass is 16.5. The standard InChI is InChI=1S/C18H29NO4/c1-14(2)18(3,19-13-20)12-15-7-8-16(22-5)17(11-15)23-10-6-9-21-4/h7-8,11,13-14H,6,9-10,12H2,1-5H3,(H,19,20). The zero-order chi connectivity index (χ0) is 17.3. The lowest BCUT2D eigenvalue weighted by molar-refractivity contribution is -0.111. The number of amides is 1. The summed E-state index contributed by atoms with van der Waals surface area (Å²) in [7, 11) is 3.30. The molecule has 1 atom stereocenters. The molecule has 1 N–H and O–H groups in total. The summed E-state index contributed by atoms with van der Waals surface area (Å²) in [5.41, 5.74) is 0.794. The minimum absolute atomic E-state index is 0.302. The highest BCUT2D eigenvalue weighted by Gasteiger charge is 2.28. The van der Waals surface area contributed by atoms with Crippen molar-refractivity contribution in [1.82, 2.24) is 5.32 Å². The monoisotopic (exact) mass is 323 g/mol. The van der Waals surface area contributed by atoms with E-state index in [4.69, 9.17) is 14.2 Å². The third-order valence-electron chi connectivity index (χ3n) is 4.21. The van der Waals surface area contributed by atoms with Crippen LogP contribution in [-0.2, 0) is 16.0 Å². The Labute approximate surface area is 139 Å². The molecule has 0 aliphatic heterocycles. The largest absolute Gasteiger partial charge is 0.493 e. The first-order valence-corrected chi connectivity index (χ1v) is 7.96. The van der Waals surface area contributed by atoms with Crippen molar-refractivity contribution in [3.05, 3.63) is 23.8 Å². The Bertz CT molecular complexity index is 490. The van der Waals surface area contributed by atoms with Crippen molar-refractivity contribution in [3.8, 4) is 11.5 Å². The fraction of sp³-hybridized carbons (Fsp3) is 0.611. The summed E-state index contributed by atoms with van der Waals surface area (Å²) in [4.78, 5) is 10.9. The minimum atomic E-state index is -0.302. The third kappa shape index (κ3) is 5.75. The van der Waals surface area contributed by atoms with E-state index in [0.29, 0.717) is 24.9 Å². The lowest BCUT2D eigenvalue weighted by Crippen LogP contribution is -2.48. The summed E-state index contributed by atoms with van der Waals surface area (Å²) in [6.45, 7) is 7.48. The number of ether oxygens (including phenoxy) is 3. The molecule has 0 saturated carbocycles. The molecule has 0 heterocycles. The van der Waals surface area contributed by atoms with Crippen molar-refractivity contribution in [2.24, 2.45) is 5.92 Å². The van der Waals surface area contributed by atoms with Gasteiger partial charge in [-0.05, 0) is 37.0 Å². The summed E-state index contributed by atoms with van der Waals surface area (Å²) in [5.74, 6) is 1.74. The number of hydrogen-bond donors (Lipinski definition) is 1. The topological polar surface area (TPSA) is 56.8 Å². The number of carbonyl (C=O) groups is 1. The molecule has 0 fully saturated rings. The van der Waals surface area contributed by atoms with Crippen molar-refractivity contribution in [2.45, 2.75) is 39.2 Å². The molecule has 1 rings (SSSR count). The van der Waals surface area contributed by atoms with Crippen LogP contribution in [0.5, 0.6) is 11.5 Å². The Hall–Kier alpha value is -1.75. The van der Waals surface area contributed by atoms with E-state index in [9.17, 15) is 4.79 Å². The molecule has 0 radical (unpaired) electrons. The highest BCUT2D eigenvalue weighted by molar-refractivity contribution is 5.49.